The van der Waals surface area contributed by atoms with Crippen molar-refractivity contribution in [3.63, 3.8) is 0 Å². The lowest BCUT2D eigenvalue weighted by atomic mass is 10.0. The Balaban J connectivity index is 2.08. The van der Waals surface area contributed by atoms with Gasteiger partial charge in [0, 0.05) is 12.6 Å². The fourth-order valence-electron chi connectivity index (χ4n) is 2.07. The zero-order valence-corrected chi connectivity index (χ0v) is 9.33. The van der Waals surface area contributed by atoms with E-state index in [0.29, 0.717) is 11.8 Å². The van der Waals surface area contributed by atoms with Gasteiger partial charge in [0.15, 0.2) is 0 Å². The minimum absolute atomic E-state index is 0.365. The van der Waals surface area contributed by atoms with E-state index in [1.807, 2.05) is 12.1 Å². The highest BCUT2D eigenvalue weighted by Crippen LogP contribution is 2.30. The van der Waals surface area contributed by atoms with Crippen molar-refractivity contribution < 1.29 is 5.11 Å². The summed E-state index contributed by atoms with van der Waals surface area (Å²) in [5.74, 6) is 0.365. The van der Waals surface area contributed by atoms with E-state index in [1.54, 1.807) is 6.07 Å². The monoisotopic (exact) mass is 206 g/mol. The summed E-state index contributed by atoms with van der Waals surface area (Å²) in [4.78, 5) is 2.19. The number of phenolic OH excluding ortho intramolecular Hbond substituents is 1. The van der Waals surface area contributed by atoms with E-state index in [-0.39, 0.29) is 0 Å². The van der Waals surface area contributed by atoms with Crippen LogP contribution in [0.25, 0.3) is 0 Å². The minimum atomic E-state index is 0.365. The first kappa shape index (κ1) is 10.5. The number of hydrogen-bond acceptors (Lipinski definition) is 3. The van der Waals surface area contributed by atoms with Crippen LogP contribution in [0.3, 0.4) is 0 Å². The summed E-state index contributed by atoms with van der Waals surface area (Å²) in [6.07, 6.45) is 1.12. The largest absolute Gasteiger partial charge is 0.508 e. The van der Waals surface area contributed by atoms with Crippen molar-refractivity contribution in [1.82, 2.24) is 10.2 Å². The molecule has 2 rings (SSSR count). The molecule has 0 saturated heterocycles. The van der Waals surface area contributed by atoms with Crippen molar-refractivity contribution >= 4 is 0 Å². The van der Waals surface area contributed by atoms with E-state index in [9.17, 15) is 5.11 Å². The highest BCUT2D eigenvalue weighted by Gasteiger charge is 2.21. The van der Waals surface area contributed by atoms with Gasteiger partial charge in [0.05, 0.1) is 0 Å². The van der Waals surface area contributed by atoms with Gasteiger partial charge in [-0.2, -0.15) is 0 Å². The number of hydrogen-bond donors (Lipinski definition) is 2. The number of aromatic hydroxyl groups is 1. The van der Waals surface area contributed by atoms with Crippen LogP contribution < -0.4 is 5.32 Å². The Morgan fingerprint density at radius 3 is 3.00 bits per heavy atom. The number of nitrogens with one attached hydrogen (secondary N) is 1. The first-order valence-corrected chi connectivity index (χ1v) is 5.37. The molecule has 0 bridgehead atoms. The van der Waals surface area contributed by atoms with E-state index in [2.05, 4.69) is 24.3 Å². The maximum atomic E-state index is 9.36. The minimum Gasteiger partial charge on any atom is -0.508 e. The van der Waals surface area contributed by atoms with E-state index >= 15 is 0 Å². The molecule has 1 unspecified atom stereocenters. The molecular formula is C12H18N2O. The zero-order valence-electron chi connectivity index (χ0n) is 9.33. The zero-order chi connectivity index (χ0) is 10.8. The van der Waals surface area contributed by atoms with Gasteiger partial charge in [0.2, 0.25) is 0 Å². The molecule has 0 fully saturated rings. The Kier molecular flexibility index (Phi) is 2.93. The number of nitrogens with zero attached hydrogens (tertiary/aromatic N) is 1. The van der Waals surface area contributed by atoms with Crippen LogP contribution in [0.5, 0.6) is 5.75 Å². The molecule has 1 atom stereocenters. The van der Waals surface area contributed by atoms with E-state index in [1.165, 1.54) is 11.1 Å². The SMILES string of the molecule is CN(C)CCC1NCc2cc(O)ccc21. The van der Waals surface area contributed by atoms with E-state index in [4.69, 9.17) is 0 Å². The lowest BCUT2D eigenvalue weighted by molar-refractivity contribution is 0.368. The Labute approximate surface area is 90.7 Å². The molecule has 1 aliphatic rings. The maximum Gasteiger partial charge on any atom is 0.115 e. The molecule has 0 aliphatic carbocycles. The molecule has 3 heteroatoms. The van der Waals surface area contributed by atoms with Gasteiger partial charge in [0.1, 0.15) is 5.75 Å². The second-order valence-corrected chi connectivity index (χ2v) is 4.41. The predicted molar refractivity (Wildman–Crippen MR) is 60.9 cm³/mol. The van der Waals surface area contributed by atoms with Gasteiger partial charge in [0.25, 0.3) is 0 Å². The lowest BCUT2D eigenvalue weighted by Gasteiger charge is -2.15. The molecule has 82 valence electrons. The fraction of sp³-hybridized carbons (Fsp3) is 0.500. The van der Waals surface area contributed by atoms with Gasteiger partial charge in [-0.15, -0.1) is 0 Å². The smallest absolute Gasteiger partial charge is 0.115 e. The Bertz CT molecular complexity index is 349. The summed E-state index contributed by atoms with van der Waals surface area (Å²) < 4.78 is 0. The normalized spacial score (nSPS) is 19.5. The highest BCUT2D eigenvalue weighted by molar-refractivity contribution is 5.39. The standard InChI is InChI=1S/C12H18N2O/c1-14(2)6-5-12-11-4-3-10(15)7-9(11)8-13-12/h3-4,7,12-13,15H,5-6,8H2,1-2H3. The molecule has 1 heterocycles. The first-order chi connectivity index (χ1) is 7.16. The molecule has 15 heavy (non-hydrogen) atoms. The summed E-state index contributed by atoms with van der Waals surface area (Å²) in [7, 11) is 4.18. The van der Waals surface area contributed by atoms with Crippen LogP contribution in [0.15, 0.2) is 18.2 Å². The molecule has 0 saturated carbocycles. The van der Waals surface area contributed by atoms with Crippen molar-refractivity contribution in [2.24, 2.45) is 0 Å². The van der Waals surface area contributed by atoms with Crippen LogP contribution in [-0.4, -0.2) is 30.6 Å². The molecule has 0 spiro atoms. The predicted octanol–water partition coefficient (Wildman–Crippen LogP) is 1.49. The molecular weight excluding hydrogens is 188 g/mol. The molecule has 3 nitrogen and oxygen atoms in total. The first-order valence-electron chi connectivity index (χ1n) is 5.37. The molecule has 1 aliphatic heterocycles. The molecule has 0 aromatic heterocycles. The summed E-state index contributed by atoms with van der Waals surface area (Å²) in [5, 5.41) is 12.8. The summed E-state index contributed by atoms with van der Waals surface area (Å²) >= 11 is 0. The van der Waals surface area contributed by atoms with Gasteiger partial charge in [-0.25, -0.2) is 0 Å². The van der Waals surface area contributed by atoms with Gasteiger partial charge in [-0.1, -0.05) is 6.07 Å². The van der Waals surface area contributed by atoms with Crippen molar-refractivity contribution in [1.29, 1.82) is 0 Å². The van der Waals surface area contributed by atoms with Gasteiger partial charge in [-0.3, -0.25) is 0 Å². The van der Waals surface area contributed by atoms with Gasteiger partial charge in [-0.05, 0) is 50.3 Å². The van der Waals surface area contributed by atoms with Crippen LogP contribution in [0, 0.1) is 0 Å². The number of benzene rings is 1. The third-order valence-electron chi connectivity index (χ3n) is 2.91. The Hall–Kier alpha value is -1.06. The molecule has 1 aromatic rings. The molecule has 0 amide bonds. The highest BCUT2D eigenvalue weighted by atomic mass is 16.3. The van der Waals surface area contributed by atoms with Crippen LogP contribution in [0.4, 0.5) is 0 Å². The van der Waals surface area contributed by atoms with Crippen LogP contribution in [-0.2, 0) is 6.54 Å². The molecule has 1 aromatic carbocycles. The summed E-state index contributed by atoms with van der Waals surface area (Å²) in [5.41, 5.74) is 2.58. The summed E-state index contributed by atoms with van der Waals surface area (Å²) in [6.45, 7) is 1.96. The topological polar surface area (TPSA) is 35.5 Å². The van der Waals surface area contributed by atoms with E-state index < -0.39 is 0 Å². The van der Waals surface area contributed by atoms with Crippen molar-refractivity contribution in [3.8, 4) is 5.75 Å². The fourth-order valence-corrected chi connectivity index (χ4v) is 2.07. The average Bonchev–Trinajstić information content (AvgIpc) is 2.57. The van der Waals surface area contributed by atoms with Crippen LogP contribution in [0.2, 0.25) is 0 Å². The van der Waals surface area contributed by atoms with E-state index in [0.717, 1.165) is 19.5 Å². The second kappa shape index (κ2) is 4.21. The van der Waals surface area contributed by atoms with Crippen LogP contribution >= 0.6 is 0 Å². The third-order valence-corrected chi connectivity index (χ3v) is 2.91. The second-order valence-electron chi connectivity index (χ2n) is 4.41. The maximum absolute atomic E-state index is 9.36. The van der Waals surface area contributed by atoms with Gasteiger partial charge >= 0.3 is 0 Å². The quantitative estimate of drug-likeness (QED) is 0.786. The molecule has 2 N–H and O–H groups in total. The van der Waals surface area contributed by atoms with Crippen molar-refractivity contribution in [3.05, 3.63) is 29.3 Å². The van der Waals surface area contributed by atoms with Crippen molar-refractivity contribution in [2.45, 2.75) is 19.0 Å². The summed E-state index contributed by atoms with van der Waals surface area (Å²) in [6, 6.07) is 6.11. The van der Waals surface area contributed by atoms with Gasteiger partial charge < -0.3 is 15.3 Å². The number of rotatable bonds is 3. The lowest BCUT2D eigenvalue weighted by Crippen LogP contribution is -2.20. The number of fused-ring (bicyclic) bond motifs is 1. The third kappa shape index (κ3) is 2.30. The van der Waals surface area contributed by atoms with Crippen LogP contribution in [0.1, 0.15) is 23.6 Å². The van der Waals surface area contributed by atoms with Crippen molar-refractivity contribution in [2.75, 3.05) is 20.6 Å². The number of phenols is 1. The Morgan fingerprint density at radius 1 is 1.47 bits per heavy atom. The average molecular weight is 206 g/mol. The molecule has 0 radical (unpaired) electrons. The Morgan fingerprint density at radius 2 is 2.27 bits per heavy atom.